The molecule has 0 amide bonds. The van der Waals surface area contributed by atoms with Gasteiger partial charge in [-0.3, -0.25) is 0 Å². The third kappa shape index (κ3) is 4.33. The molecule has 9 nitrogen and oxygen atoms in total. The van der Waals surface area contributed by atoms with Gasteiger partial charge in [0.2, 0.25) is 5.88 Å². The molecule has 1 atom stereocenters. The Morgan fingerprint density at radius 1 is 1.02 bits per heavy atom. The van der Waals surface area contributed by atoms with Crippen molar-refractivity contribution in [3.8, 4) is 23.1 Å². The van der Waals surface area contributed by atoms with Crippen molar-refractivity contribution in [2.24, 2.45) is 5.16 Å². The van der Waals surface area contributed by atoms with Crippen LogP contribution in [0.3, 0.4) is 0 Å². The van der Waals surface area contributed by atoms with Crippen LogP contribution >= 0.6 is 11.3 Å². The van der Waals surface area contributed by atoms with Gasteiger partial charge in [0.05, 0.1) is 30.4 Å². The van der Waals surface area contributed by atoms with Gasteiger partial charge in [0.15, 0.2) is 29.6 Å². The lowest BCUT2D eigenvalue weighted by atomic mass is 9.82. The Hall–Kier alpha value is -4.96. The summed E-state index contributed by atoms with van der Waals surface area (Å²) in [5, 5.41) is 13.0. The number of benzene rings is 3. The largest absolute Gasteiger partial charge is 0.493 e. The molecule has 0 saturated carbocycles. The van der Waals surface area contributed by atoms with Crippen LogP contribution in [-0.2, 0) is 11.4 Å². The first-order valence-electron chi connectivity index (χ1n) is 13.0. The van der Waals surface area contributed by atoms with Crippen molar-refractivity contribution < 1.29 is 19.0 Å². The fourth-order valence-corrected chi connectivity index (χ4v) is 5.92. The zero-order valence-corrected chi connectivity index (χ0v) is 23.4. The number of hydrogen-bond acceptors (Lipinski definition) is 9. The topological polar surface area (TPSA) is 92.4 Å². The molecule has 0 aliphatic carbocycles. The minimum atomic E-state index is -0.258. The van der Waals surface area contributed by atoms with Crippen molar-refractivity contribution in [3.05, 3.63) is 106 Å². The summed E-state index contributed by atoms with van der Waals surface area (Å²) in [6.07, 6.45) is 1.62. The van der Waals surface area contributed by atoms with E-state index >= 15 is 0 Å². The van der Waals surface area contributed by atoms with Gasteiger partial charge in [0.1, 0.15) is 12.1 Å². The van der Waals surface area contributed by atoms with Gasteiger partial charge in [0, 0.05) is 16.9 Å². The molecule has 3 aromatic carbocycles. The highest BCUT2D eigenvalue weighted by atomic mass is 32.1. The normalized spacial score (nSPS) is 14.4. The molecule has 6 aromatic rings. The molecule has 1 aliphatic heterocycles. The van der Waals surface area contributed by atoms with E-state index < -0.39 is 0 Å². The molecule has 0 bridgehead atoms. The maximum atomic E-state index is 6.52. The monoisotopic (exact) mass is 563 g/mol. The molecule has 0 spiro atoms. The van der Waals surface area contributed by atoms with Crippen molar-refractivity contribution in [2.75, 3.05) is 14.2 Å². The molecule has 204 valence electrons. The van der Waals surface area contributed by atoms with E-state index in [1.807, 2.05) is 54.8 Å². The summed E-state index contributed by atoms with van der Waals surface area (Å²) < 4.78 is 19.4. The van der Waals surface area contributed by atoms with Crippen molar-refractivity contribution >= 4 is 33.5 Å². The van der Waals surface area contributed by atoms with E-state index in [1.165, 1.54) is 0 Å². The standard InChI is InChI=1S/C31H25N5O4S/c1-18(25-9-6-14-41-25)35-39-16-26-33-30-28-27(20-11-13-23(37-2)24(15-20)38-3)22-12-10-19-7-4-5-8-21(19)29(22)40-31(28)32-17-36(30)34-26/h4-15,17,27H,16H2,1-3H3/b35-18-/t27-/m1/s1. The molecule has 4 heterocycles. The van der Waals surface area contributed by atoms with Crippen molar-refractivity contribution in [1.29, 1.82) is 0 Å². The second-order valence-electron chi connectivity index (χ2n) is 9.54. The van der Waals surface area contributed by atoms with Gasteiger partial charge in [-0.2, -0.15) is 0 Å². The van der Waals surface area contributed by atoms with Crippen LogP contribution < -0.4 is 14.2 Å². The number of nitrogens with zero attached hydrogens (tertiary/aromatic N) is 5. The van der Waals surface area contributed by atoms with Gasteiger partial charge >= 0.3 is 0 Å². The van der Waals surface area contributed by atoms with Crippen LogP contribution in [-0.4, -0.2) is 39.5 Å². The average Bonchev–Trinajstić information content (AvgIpc) is 3.70. The predicted molar refractivity (Wildman–Crippen MR) is 157 cm³/mol. The lowest BCUT2D eigenvalue weighted by molar-refractivity contribution is 0.125. The third-order valence-electron chi connectivity index (χ3n) is 7.15. The van der Waals surface area contributed by atoms with Gasteiger partial charge < -0.3 is 19.0 Å². The zero-order valence-electron chi connectivity index (χ0n) is 22.6. The minimum absolute atomic E-state index is 0.113. The van der Waals surface area contributed by atoms with Crippen molar-refractivity contribution in [2.45, 2.75) is 19.4 Å². The van der Waals surface area contributed by atoms with E-state index in [9.17, 15) is 0 Å². The molecule has 0 saturated heterocycles. The Labute approximate surface area is 239 Å². The summed E-state index contributed by atoms with van der Waals surface area (Å²) in [6.45, 7) is 2.03. The first kappa shape index (κ1) is 25.0. The van der Waals surface area contributed by atoms with E-state index in [0.29, 0.717) is 28.9 Å². The van der Waals surface area contributed by atoms with E-state index in [-0.39, 0.29) is 12.5 Å². The highest BCUT2D eigenvalue weighted by Gasteiger charge is 2.34. The fourth-order valence-electron chi connectivity index (χ4n) is 5.25. The number of ether oxygens (including phenoxy) is 3. The van der Waals surface area contributed by atoms with Gasteiger partial charge in [-0.15, -0.1) is 16.4 Å². The molecule has 0 fully saturated rings. The number of thiophene rings is 1. The molecule has 3 aromatic heterocycles. The number of oxime groups is 1. The quantitative estimate of drug-likeness (QED) is 0.160. The molecule has 41 heavy (non-hydrogen) atoms. The lowest BCUT2D eigenvalue weighted by Crippen LogP contribution is -2.15. The Morgan fingerprint density at radius 2 is 1.90 bits per heavy atom. The number of fused-ring (bicyclic) bond motifs is 6. The summed E-state index contributed by atoms with van der Waals surface area (Å²) in [5.41, 5.74) is 4.21. The van der Waals surface area contributed by atoms with Gasteiger partial charge in [-0.05, 0) is 41.5 Å². The Kier molecular flexibility index (Phi) is 6.24. The average molecular weight is 564 g/mol. The Morgan fingerprint density at radius 3 is 2.73 bits per heavy atom. The van der Waals surface area contributed by atoms with Crippen LogP contribution in [0.25, 0.3) is 16.4 Å². The molecular weight excluding hydrogens is 538 g/mol. The SMILES string of the molecule is COc1ccc([C@@H]2c3ccc4ccccc4c3Oc3ncn4nc(CO/N=C(/C)c5cccs5)nc4c32)cc1OC. The van der Waals surface area contributed by atoms with Crippen LogP contribution in [0.15, 0.2) is 83.6 Å². The van der Waals surface area contributed by atoms with E-state index in [2.05, 4.69) is 39.5 Å². The summed E-state index contributed by atoms with van der Waals surface area (Å²) in [6, 6.07) is 22.3. The zero-order chi connectivity index (χ0) is 27.9. The van der Waals surface area contributed by atoms with Crippen molar-refractivity contribution in [3.63, 3.8) is 0 Å². The van der Waals surface area contributed by atoms with Crippen LogP contribution in [0.2, 0.25) is 0 Å². The second-order valence-corrected chi connectivity index (χ2v) is 10.5. The number of hydrogen-bond donors (Lipinski definition) is 0. The molecule has 1 aliphatic rings. The van der Waals surface area contributed by atoms with E-state index in [4.69, 9.17) is 24.0 Å². The summed E-state index contributed by atoms with van der Waals surface area (Å²) >= 11 is 1.61. The maximum Gasteiger partial charge on any atom is 0.228 e. The van der Waals surface area contributed by atoms with E-state index in [0.717, 1.165) is 43.8 Å². The van der Waals surface area contributed by atoms with Crippen LogP contribution in [0, 0.1) is 0 Å². The third-order valence-corrected chi connectivity index (χ3v) is 8.13. The Bertz CT molecular complexity index is 1930. The predicted octanol–water partition coefficient (Wildman–Crippen LogP) is 6.58. The first-order chi connectivity index (χ1) is 20.1. The second kappa shape index (κ2) is 10.2. The van der Waals surface area contributed by atoms with Gasteiger partial charge in [0.25, 0.3) is 0 Å². The molecule has 0 N–H and O–H groups in total. The smallest absolute Gasteiger partial charge is 0.228 e. The van der Waals surface area contributed by atoms with E-state index in [1.54, 1.807) is 36.4 Å². The number of aromatic nitrogens is 4. The summed E-state index contributed by atoms with van der Waals surface area (Å²) in [5.74, 6) is 2.76. The summed E-state index contributed by atoms with van der Waals surface area (Å²) in [4.78, 5) is 16.2. The van der Waals surface area contributed by atoms with Gasteiger partial charge in [-0.1, -0.05) is 53.7 Å². The summed E-state index contributed by atoms with van der Waals surface area (Å²) in [7, 11) is 3.26. The molecule has 0 radical (unpaired) electrons. The van der Waals surface area contributed by atoms with Crippen LogP contribution in [0.5, 0.6) is 23.1 Å². The highest BCUT2D eigenvalue weighted by molar-refractivity contribution is 7.12. The van der Waals surface area contributed by atoms with Crippen LogP contribution in [0.1, 0.15) is 40.2 Å². The maximum absolute atomic E-state index is 6.52. The molecular formula is C31H25N5O4S. The Balaban J connectivity index is 1.35. The van der Waals surface area contributed by atoms with Crippen molar-refractivity contribution in [1.82, 2.24) is 19.6 Å². The fraction of sp³-hybridized carbons (Fsp3) is 0.161. The molecule has 7 rings (SSSR count). The minimum Gasteiger partial charge on any atom is -0.493 e. The van der Waals surface area contributed by atoms with Gasteiger partial charge in [-0.25, -0.2) is 14.5 Å². The van der Waals surface area contributed by atoms with Crippen LogP contribution in [0.4, 0.5) is 0 Å². The first-order valence-corrected chi connectivity index (χ1v) is 13.9. The highest BCUT2D eigenvalue weighted by Crippen LogP contribution is 2.51. The number of rotatable bonds is 7. The molecule has 10 heteroatoms. The lowest BCUT2D eigenvalue weighted by Gasteiger charge is -2.29. The molecule has 0 unspecified atom stereocenters. The number of methoxy groups -OCH3 is 2.